The summed E-state index contributed by atoms with van der Waals surface area (Å²) in [4.78, 5) is 38.0. The van der Waals surface area contributed by atoms with E-state index in [9.17, 15) is 19.5 Å². The Bertz CT molecular complexity index is 1230. The van der Waals surface area contributed by atoms with Crippen LogP contribution < -0.4 is 5.69 Å². The van der Waals surface area contributed by atoms with Gasteiger partial charge in [0.25, 0.3) is 0 Å². The molecule has 0 unspecified atom stereocenters. The molecule has 178 valence electrons. The zero-order chi connectivity index (χ0) is 24.2. The summed E-state index contributed by atoms with van der Waals surface area (Å²) in [5.74, 6) is -0.758. The van der Waals surface area contributed by atoms with Gasteiger partial charge in [0.15, 0.2) is 0 Å². The van der Waals surface area contributed by atoms with Gasteiger partial charge in [0.05, 0.1) is 12.1 Å². The first kappa shape index (κ1) is 23.7. The second-order valence-electron chi connectivity index (χ2n) is 9.68. The van der Waals surface area contributed by atoms with Crippen LogP contribution >= 0.6 is 0 Å². The van der Waals surface area contributed by atoms with Crippen molar-refractivity contribution in [3.63, 3.8) is 0 Å². The Morgan fingerprint density at radius 1 is 1.00 bits per heavy atom. The number of imidazole rings is 1. The fourth-order valence-electron chi connectivity index (χ4n) is 4.87. The van der Waals surface area contributed by atoms with Crippen LogP contribution in [0, 0.1) is 11.8 Å². The molecule has 1 saturated carbocycles. The van der Waals surface area contributed by atoms with E-state index < -0.39 is 5.97 Å². The molecule has 1 aliphatic rings. The Morgan fingerprint density at radius 3 is 2.32 bits per heavy atom. The third-order valence-corrected chi connectivity index (χ3v) is 6.63. The van der Waals surface area contributed by atoms with Gasteiger partial charge in [0.1, 0.15) is 0 Å². The lowest BCUT2D eigenvalue weighted by Crippen LogP contribution is -2.34. The van der Waals surface area contributed by atoms with Gasteiger partial charge >= 0.3 is 11.7 Å². The summed E-state index contributed by atoms with van der Waals surface area (Å²) < 4.78 is 3.05. The van der Waals surface area contributed by atoms with Crippen molar-refractivity contribution in [2.45, 2.75) is 58.9 Å². The number of hydrogen-bond donors (Lipinski definition) is 1. The van der Waals surface area contributed by atoms with Crippen molar-refractivity contribution < 1.29 is 14.7 Å². The second-order valence-corrected chi connectivity index (χ2v) is 9.68. The number of aromatic nitrogens is 2. The number of carboxylic acid groups (broad SMARTS) is 1. The van der Waals surface area contributed by atoms with Gasteiger partial charge in [-0.05, 0) is 47.9 Å². The Balaban J connectivity index is 1.63. The van der Waals surface area contributed by atoms with E-state index in [-0.39, 0.29) is 23.1 Å². The number of nitrogens with zero attached hydrogens (tertiary/aromatic N) is 2. The first-order valence-corrected chi connectivity index (χ1v) is 12.1. The molecule has 0 amide bonds. The molecule has 1 N–H and O–H groups in total. The van der Waals surface area contributed by atoms with E-state index in [0.29, 0.717) is 24.4 Å². The highest BCUT2D eigenvalue weighted by molar-refractivity contribution is 5.96. The summed E-state index contributed by atoms with van der Waals surface area (Å²) in [6, 6.07) is 14.5. The minimum absolute atomic E-state index is 0.0669. The van der Waals surface area contributed by atoms with E-state index in [1.54, 1.807) is 29.0 Å². The van der Waals surface area contributed by atoms with E-state index in [2.05, 4.69) is 13.8 Å². The van der Waals surface area contributed by atoms with E-state index in [0.717, 1.165) is 48.9 Å². The maximum atomic E-state index is 13.3. The molecule has 4 rings (SSSR count). The predicted octanol–water partition coefficient (Wildman–Crippen LogP) is 5.48. The lowest BCUT2D eigenvalue weighted by atomic mass is 9.88. The average Bonchev–Trinajstić information content (AvgIpc) is 3.14. The molecule has 1 fully saturated rings. The number of benzene rings is 2. The monoisotopic (exact) mass is 460 g/mol. The molecule has 0 radical (unpaired) electrons. The van der Waals surface area contributed by atoms with Crippen LogP contribution in [0.1, 0.15) is 72.4 Å². The fourth-order valence-corrected chi connectivity index (χ4v) is 4.87. The summed E-state index contributed by atoms with van der Waals surface area (Å²) in [6.45, 7) is 4.57. The summed E-state index contributed by atoms with van der Waals surface area (Å²) in [6.07, 6.45) is 7.42. The van der Waals surface area contributed by atoms with Crippen molar-refractivity contribution in [3.8, 4) is 11.1 Å². The average molecular weight is 461 g/mol. The van der Waals surface area contributed by atoms with E-state index in [1.165, 1.54) is 4.57 Å². The maximum Gasteiger partial charge on any atom is 0.336 e. The van der Waals surface area contributed by atoms with Gasteiger partial charge in [0.2, 0.25) is 5.91 Å². The van der Waals surface area contributed by atoms with Gasteiger partial charge < -0.3 is 5.11 Å². The fraction of sp³-hybridized carbons (Fsp3) is 0.393. The van der Waals surface area contributed by atoms with Gasteiger partial charge in [-0.25, -0.2) is 14.2 Å². The molecular weight excluding hydrogens is 428 g/mol. The molecule has 1 aromatic heterocycles. The quantitative estimate of drug-likeness (QED) is 0.506. The van der Waals surface area contributed by atoms with Crippen LogP contribution in [0.15, 0.2) is 59.5 Å². The third-order valence-electron chi connectivity index (χ3n) is 6.63. The van der Waals surface area contributed by atoms with Crippen molar-refractivity contribution in [1.29, 1.82) is 0 Å². The van der Waals surface area contributed by atoms with Crippen molar-refractivity contribution in [2.24, 2.45) is 11.8 Å². The third kappa shape index (κ3) is 5.06. The summed E-state index contributed by atoms with van der Waals surface area (Å²) in [7, 11) is 0. The molecule has 3 aromatic rings. The SMILES string of the molecule is CC(C)Cc1cn(C(=O)C2CCCCC2)c(=O)n1Cc1ccc(-c2ccccc2C(=O)O)cc1. The highest BCUT2D eigenvalue weighted by atomic mass is 16.4. The molecule has 6 nitrogen and oxygen atoms in total. The van der Waals surface area contributed by atoms with E-state index >= 15 is 0 Å². The Hall–Kier alpha value is -3.41. The zero-order valence-corrected chi connectivity index (χ0v) is 19.9. The van der Waals surface area contributed by atoms with Crippen molar-refractivity contribution in [3.05, 3.63) is 82.0 Å². The number of rotatable bonds is 7. The second kappa shape index (κ2) is 10.2. The van der Waals surface area contributed by atoms with Crippen LogP contribution in [-0.4, -0.2) is 26.1 Å². The van der Waals surface area contributed by atoms with Crippen LogP contribution in [0.4, 0.5) is 0 Å². The van der Waals surface area contributed by atoms with Gasteiger partial charge in [-0.15, -0.1) is 0 Å². The Kier molecular flexibility index (Phi) is 7.15. The van der Waals surface area contributed by atoms with Crippen molar-refractivity contribution in [1.82, 2.24) is 9.13 Å². The number of carboxylic acids is 1. The Labute approximate surface area is 199 Å². The van der Waals surface area contributed by atoms with E-state index in [4.69, 9.17) is 0 Å². The zero-order valence-electron chi connectivity index (χ0n) is 19.9. The van der Waals surface area contributed by atoms with Crippen LogP contribution in [0.5, 0.6) is 0 Å². The van der Waals surface area contributed by atoms with Crippen molar-refractivity contribution >= 4 is 11.9 Å². The number of carbonyl (C=O) groups excluding carboxylic acids is 1. The predicted molar refractivity (Wildman–Crippen MR) is 132 cm³/mol. The molecule has 0 aliphatic heterocycles. The number of aromatic carboxylic acids is 1. The van der Waals surface area contributed by atoms with Crippen molar-refractivity contribution in [2.75, 3.05) is 0 Å². The minimum atomic E-state index is -0.964. The molecular formula is C28H32N2O4. The van der Waals surface area contributed by atoms with Crippen LogP contribution in [-0.2, 0) is 13.0 Å². The van der Waals surface area contributed by atoms with Gasteiger partial charge in [0, 0.05) is 17.8 Å². The summed E-state index contributed by atoms with van der Waals surface area (Å²) >= 11 is 0. The lowest BCUT2D eigenvalue weighted by molar-refractivity contribution is 0.0697. The molecule has 1 aliphatic carbocycles. The first-order chi connectivity index (χ1) is 16.3. The number of carbonyl (C=O) groups is 2. The molecule has 0 atom stereocenters. The minimum Gasteiger partial charge on any atom is -0.478 e. The molecule has 34 heavy (non-hydrogen) atoms. The molecule has 6 heteroatoms. The topological polar surface area (TPSA) is 81.3 Å². The van der Waals surface area contributed by atoms with Gasteiger partial charge in [-0.1, -0.05) is 75.6 Å². The van der Waals surface area contributed by atoms with E-state index in [1.807, 2.05) is 30.3 Å². The highest BCUT2D eigenvalue weighted by Gasteiger charge is 2.26. The first-order valence-electron chi connectivity index (χ1n) is 12.1. The van der Waals surface area contributed by atoms with Crippen LogP contribution in [0.3, 0.4) is 0 Å². The molecule has 2 aromatic carbocycles. The molecule has 0 spiro atoms. The van der Waals surface area contributed by atoms with Crippen LogP contribution in [0.25, 0.3) is 11.1 Å². The van der Waals surface area contributed by atoms with Gasteiger partial charge in [-0.3, -0.25) is 9.36 Å². The molecule has 0 saturated heterocycles. The number of hydrogen-bond acceptors (Lipinski definition) is 3. The summed E-state index contributed by atoms with van der Waals surface area (Å²) in [5, 5.41) is 9.48. The standard InChI is InChI=1S/C28H32N2O4/c1-19(2)16-23-18-30(26(31)22-8-4-3-5-9-22)28(34)29(23)17-20-12-14-21(15-13-20)24-10-6-7-11-25(24)27(32)33/h6-7,10-15,18-19,22H,3-5,8-9,16-17H2,1-2H3,(H,32,33). The Morgan fingerprint density at radius 2 is 1.68 bits per heavy atom. The van der Waals surface area contributed by atoms with Crippen LogP contribution in [0.2, 0.25) is 0 Å². The lowest BCUT2D eigenvalue weighted by Gasteiger charge is -2.19. The normalized spacial score (nSPS) is 14.4. The maximum absolute atomic E-state index is 13.3. The molecule has 0 bridgehead atoms. The smallest absolute Gasteiger partial charge is 0.336 e. The largest absolute Gasteiger partial charge is 0.478 e. The molecule has 1 heterocycles. The summed E-state index contributed by atoms with van der Waals surface area (Å²) in [5.41, 5.74) is 3.23. The highest BCUT2D eigenvalue weighted by Crippen LogP contribution is 2.26. The van der Waals surface area contributed by atoms with Gasteiger partial charge in [-0.2, -0.15) is 0 Å².